The van der Waals surface area contributed by atoms with Crippen molar-refractivity contribution in [3.8, 4) is 0 Å². The molecule has 116 valence electrons. The average molecular weight is 292 g/mol. The van der Waals surface area contributed by atoms with E-state index in [1.54, 1.807) is 0 Å². The third-order valence-corrected chi connectivity index (χ3v) is 5.48. The largest absolute Gasteiger partial charge is 0.330 e. The molecule has 0 radical (unpaired) electrons. The van der Waals surface area contributed by atoms with Crippen molar-refractivity contribution in [1.82, 2.24) is 10.2 Å². The normalized spacial score (nSPS) is 25.9. The van der Waals surface area contributed by atoms with Gasteiger partial charge in [-0.05, 0) is 31.6 Å². The van der Waals surface area contributed by atoms with Crippen LogP contribution in [0.15, 0.2) is 0 Å². The monoisotopic (exact) mass is 292 g/mol. The molecule has 1 N–H and O–H groups in total. The molecule has 2 aliphatic carbocycles. The van der Waals surface area contributed by atoms with Crippen molar-refractivity contribution in [2.24, 2.45) is 11.3 Å². The Morgan fingerprint density at radius 2 is 1.71 bits per heavy atom. The number of carbonyl (C=O) groups excluding carboxylic acids is 3. The lowest BCUT2D eigenvalue weighted by Crippen LogP contribution is -2.63. The van der Waals surface area contributed by atoms with E-state index in [2.05, 4.69) is 5.32 Å². The third-order valence-electron chi connectivity index (χ3n) is 5.48. The summed E-state index contributed by atoms with van der Waals surface area (Å²) in [5, 5.41) is 2.40. The molecule has 5 heteroatoms. The number of urea groups is 1. The van der Waals surface area contributed by atoms with Gasteiger partial charge in [0.2, 0.25) is 11.8 Å². The summed E-state index contributed by atoms with van der Waals surface area (Å²) in [6.45, 7) is 0.455. The molecule has 1 aliphatic heterocycles. The van der Waals surface area contributed by atoms with Gasteiger partial charge in [0.05, 0.1) is 0 Å². The quantitative estimate of drug-likeness (QED) is 0.810. The second-order valence-corrected chi connectivity index (χ2v) is 6.80. The van der Waals surface area contributed by atoms with E-state index in [-0.39, 0.29) is 11.8 Å². The van der Waals surface area contributed by atoms with Gasteiger partial charge in [-0.15, -0.1) is 0 Å². The molecule has 5 nitrogen and oxygen atoms in total. The van der Waals surface area contributed by atoms with Gasteiger partial charge >= 0.3 is 6.03 Å². The average Bonchev–Trinajstić information content (AvgIpc) is 3.13. The van der Waals surface area contributed by atoms with E-state index in [0.717, 1.165) is 31.6 Å². The molecule has 0 aromatic rings. The molecule has 0 unspecified atom stereocenters. The molecule has 1 saturated heterocycles. The number of hydrogen-bond donors (Lipinski definition) is 1. The molecule has 21 heavy (non-hydrogen) atoms. The van der Waals surface area contributed by atoms with Crippen LogP contribution in [0.2, 0.25) is 0 Å². The summed E-state index contributed by atoms with van der Waals surface area (Å²) in [7, 11) is 0. The number of nitrogens with one attached hydrogen (secondary N) is 1. The Balaban J connectivity index is 1.61. The van der Waals surface area contributed by atoms with Crippen LogP contribution in [0.1, 0.15) is 64.2 Å². The summed E-state index contributed by atoms with van der Waals surface area (Å²) >= 11 is 0. The van der Waals surface area contributed by atoms with Crippen molar-refractivity contribution in [3.05, 3.63) is 0 Å². The molecule has 4 amide bonds. The Labute approximate surface area is 125 Å². The molecule has 0 atom stereocenters. The van der Waals surface area contributed by atoms with E-state index in [1.807, 2.05) is 0 Å². The Kier molecular flexibility index (Phi) is 4.00. The molecule has 3 aliphatic rings. The predicted molar refractivity (Wildman–Crippen MR) is 77.3 cm³/mol. The van der Waals surface area contributed by atoms with E-state index in [4.69, 9.17) is 0 Å². The number of hydrogen-bond acceptors (Lipinski definition) is 3. The molecule has 0 bridgehead atoms. The molecular formula is C16H24N2O3. The third kappa shape index (κ3) is 2.58. The molecular weight excluding hydrogens is 268 g/mol. The lowest BCUT2D eigenvalue weighted by molar-refractivity contribution is -0.151. The van der Waals surface area contributed by atoms with E-state index in [1.165, 1.54) is 30.6 Å². The Bertz CT molecular complexity index is 448. The fraction of sp³-hybridized carbons (Fsp3) is 0.812. The number of rotatable bonds is 4. The Morgan fingerprint density at radius 1 is 1.05 bits per heavy atom. The van der Waals surface area contributed by atoms with Crippen molar-refractivity contribution in [2.45, 2.75) is 64.2 Å². The zero-order chi connectivity index (χ0) is 14.9. The minimum absolute atomic E-state index is 0.250. The first-order valence-electron chi connectivity index (χ1n) is 8.31. The molecule has 1 spiro atoms. The minimum atomic E-state index is -0.943. The van der Waals surface area contributed by atoms with Crippen molar-refractivity contribution in [2.75, 3.05) is 6.54 Å². The molecule has 3 rings (SSSR count). The number of barbiturate groups is 1. The topological polar surface area (TPSA) is 66.5 Å². The maximum atomic E-state index is 12.6. The fourth-order valence-electron chi connectivity index (χ4n) is 4.19. The number of amides is 4. The summed E-state index contributed by atoms with van der Waals surface area (Å²) in [6.07, 6.45) is 10.1. The van der Waals surface area contributed by atoms with E-state index >= 15 is 0 Å². The number of imide groups is 2. The predicted octanol–water partition coefficient (Wildman–Crippen LogP) is 2.60. The van der Waals surface area contributed by atoms with Gasteiger partial charge < -0.3 is 0 Å². The molecule has 0 aromatic heterocycles. The fourth-order valence-corrected chi connectivity index (χ4v) is 4.19. The lowest BCUT2D eigenvalue weighted by atomic mass is 9.82. The molecule has 3 fully saturated rings. The van der Waals surface area contributed by atoms with Crippen LogP contribution in [-0.4, -0.2) is 29.3 Å². The van der Waals surface area contributed by atoms with E-state index in [0.29, 0.717) is 19.4 Å². The van der Waals surface area contributed by atoms with Crippen molar-refractivity contribution in [1.29, 1.82) is 0 Å². The highest BCUT2D eigenvalue weighted by atomic mass is 16.2. The summed E-state index contributed by atoms with van der Waals surface area (Å²) in [6, 6.07) is -0.519. The standard InChI is InChI=1S/C16H24N2O3/c19-13-16(9-3-4-10-16)14(20)18(15(21)17-13)11-5-8-12-6-1-2-7-12/h12H,1-11H2,(H,17,19,21). The lowest BCUT2D eigenvalue weighted by Gasteiger charge is -2.36. The Hall–Kier alpha value is -1.39. The van der Waals surface area contributed by atoms with Crippen molar-refractivity contribution in [3.63, 3.8) is 0 Å². The smallest absolute Gasteiger partial charge is 0.277 e. The van der Waals surface area contributed by atoms with Crippen molar-refractivity contribution < 1.29 is 14.4 Å². The highest BCUT2D eigenvalue weighted by molar-refractivity contribution is 6.19. The van der Waals surface area contributed by atoms with E-state index in [9.17, 15) is 14.4 Å². The van der Waals surface area contributed by atoms with Crippen LogP contribution in [0.25, 0.3) is 0 Å². The SMILES string of the molecule is O=C1NC(=O)C2(CCCC2)C(=O)N1CCCC1CCCC1. The molecule has 2 saturated carbocycles. The zero-order valence-electron chi connectivity index (χ0n) is 12.5. The van der Waals surface area contributed by atoms with Gasteiger partial charge in [0.15, 0.2) is 0 Å². The van der Waals surface area contributed by atoms with Gasteiger partial charge in [-0.25, -0.2) is 4.79 Å². The van der Waals surface area contributed by atoms with Crippen LogP contribution in [0, 0.1) is 11.3 Å². The van der Waals surface area contributed by atoms with Gasteiger partial charge in [-0.3, -0.25) is 19.8 Å². The summed E-state index contributed by atoms with van der Waals surface area (Å²) in [5.41, 5.74) is -0.943. The van der Waals surface area contributed by atoms with Crippen LogP contribution < -0.4 is 5.32 Å². The maximum Gasteiger partial charge on any atom is 0.330 e. The number of carbonyl (C=O) groups is 3. The van der Waals surface area contributed by atoms with Crippen LogP contribution in [-0.2, 0) is 9.59 Å². The van der Waals surface area contributed by atoms with Gasteiger partial charge in [0.25, 0.3) is 0 Å². The van der Waals surface area contributed by atoms with Crippen LogP contribution >= 0.6 is 0 Å². The summed E-state index contributed by atoms with van der Waals surface area (Å²) in [5.74, 6) is 0.136. The van der Waals surface area contributed by atoms with Gasteiger partial charge in [-0.2, -0.15) is 0 Å². The van der Waals surface area contributed by atoms with Gasteiger partial charge in [0, 0.05) is 6.54 Å². The van der Waals surface area contributed by atoms with Crippen LogP contribution in [0.3, 0.4) is 0 Å². The van der Waals surface area contributed by atoms with Gasteiger partial charge in [-0.1, -0.05) is 38.5 Å². The minimum Gasteiger partial charge on any atom is -0.277 e. The van der Waals surface area contributed by atoms with Gasteiger partial charge in [0.1, 0.15) is 5.41 Å². The highest BCUT2D eigenvalue weighted by Gasteiger charge is 2.54. The molecule has 1 heterocycles. The number of nitrogens with zero attached hydrogens (tertiary/aromatic N) is 1. The Morgan fingerprint density at radius 3 is 2.38 bits per heavy atom. The second-order valence-electron chi connectivity index (χ2n) is 6.80. The zero-order valence-corrected chi connectivity index (χ0v) is 12.5. The first kappa shape index (κ1) is 14.5. The van der Waals surface area contributed by atoms with E-state index < -0.39 is 11.4 Å². The van der Waals surface area contributed by atoms with Crippen LogP contribution in [0.4, 0.5) is 4.79 Å². The molecule has 0 aromatic carbocycles. The van der Waals surface area contributed by atoms with Crippen LogP contribution in [0.5, 0.6) is 0 Å². The maximum absolute atomic E-state index is 12.6. The summed E-state index contributed by atoms with van der Waals surface area (Å²) in [4.78, 5) is 38.0. The first-order chi connectivity index (χ1) is 10.1. The first-order valence-corrected chi connectivity index (χ1v) is 8.31. The summed E-state index contributed by atoms with van der Waals surface area (Å²) < 4.78 is 0. The van der Waals surface area contributed by atoms with Crippen molar-refractivity contribution >= 4 is 17.8 Å². The highest BCUT2D eigenvalue weighted by Crippen LogP contribution is 2.41. The second kappa shape index (κ2) is 5.78.